The van der Waals surface area contributed by atoms with Gasteiger partial charge in [-0.25, -0.2) is 8.42 Å². The smallest absolute Gasteiger partial charge is 0.308 e. The van der Waals surface area contributed by atoms with E-state index in [1.54, 1.807) is 18.2 Å². The van der Waals surface area contributed by atoms with Gasteiger partial charge < -0.3 is 5.11 Å². The van der Waals surface area contributed by atoms with Crippen LogP contribution in [0.25, 0.3) is 0 Å². The van der Waals surface area contributed by atoms with Crippen molar-refractivity contribution in [2.45, 2.75) is 23.0 Å². The van der Waals surface area contributed by atoms with E-state index in [4.69, 9.17) is 0 Å². The predicted molar refractivity (Wildman–Crippen MR) is 82.5 cm³/mol. The topological polar surface area (TPSA) is 71.4 Å². The maximum absolute atomic E-state index is 12.7. The maximum Gasteiger partial charge on any atom is 0.308 e. The van der Waals surface area contributed by atoms with E-state index in [2.05, 4.69) is 0 Å². The van der Waals surface area contributed by atoms with Gasteiger partial charge in [0.05, 0.1) is 16.1 Å². The van der Waals surface area contributed by atoms with E-state index in [-0.39, 0.29) is 4.90 Å². The summed E-state index contributed by atoms with van der Waals surface area (Å²) < 4.78 is 25.4. The molecular formula is C17H16O4S. The van der Waals surface area contributed by atoms with Gasteiger partial charge in [-0.05, 0) is 24.6 Å². The first-order chi connectivity index (χ1) is 10.4. The summed E-state index contributed by atoms with van der Waals surface area (Å²) in [7, 11) is -3.65. The van der Waals surface area contributed by atoms with Gasteiger partial charge in [0.2, 0.25) is 0 Å². The van der Waals surface area contributed by atoms with E-state index in [1.165, 1.54) is 12.1 Å². The van der Waals surface area contributed by atoms with Crippen LogP contribution in [0.5, 0.6) is 0 Å². The molecule has 2 aromatic carbocycles. The Morgan fingerprint density at radius 2 is 1.59 bits per heavy atom. The molecule has 1 fully saturated rings. The summed E-state index contributed by atoms with van der Waals surface area (Å²) in [5, 5.41) is 8.46. The molecule has 114 valence electrons. The average Bonchev–Trinajstić information content (AvgIpc) is 3.25. The van der Waals surface area contributed by atoms with Gasteiger partial charge in [-0.3, -0.25) is 4.79 Å². The lowest BCUT2D eigenvalue weighted by Crippen LogP contribution is -2.13. The number of sulfone groups is 1. The summed E-state index contributed by atoms with van der Waals surface area (Å²) >= 11 is 0. The van der Waals surface area contributed by atoms with Gasteiger partial charge in [-0.2, -0.15) is 0 Å². The summed E-state index contributed by atoms with van der Waals surface area (Å²) in [6.45, 7) is 1.93. The summed E-state index contributed by atoms with van der Waals surface area (Å²) in [5.41, 5.74) is 1.82. The summed E-state index contributed by atoms with van der Waals surface area (Å²) in [6.07, 6.45) is 0. The zero-order chi connectivity index (χ0) is 15.9. The van der Waals surface area contributed by atoms with Gasteiger partial charge in [0.25, 0.3) is 0 Å². The Labute approximate surface area is 129 Å². The minimum Gasteiger partial charge on any atom is -0.481 e. The number of carboxylic acid groups (broad SMARTS) is 1. The van der Waals surface area contributed by atoms with Crippen LogP contribution in [0.15, 0.2) is 59.5 Å². The lowest BCUT2D eigenvalue weighted by molar-refractivity contribution is -0.138. The van der Waals surface area contributed by atoms with Crippen molar-refractivity contribution in [3.8, 4) is 0 Å². The molecule has 3 rings (SSSR count). The van der Waals surface area contributed by atoms with Gasteiger partial charge >= 0.3 is 5.97 Å². The normalized spacial score (nSPS) is 24.0. The van der Waals surface area contributed by atoms with E-state index >= 15 is 0 Å². The molecule has 1 aliphatic rings. The molecule has 0 amide bonds. The van der Waals surface area contributed by atoms with Crippen molar-refractivity contribution in [2.24, 2.45) is 5.92 Å². The fraction of sp³-hybridized carbons (Fsp3) is 0.235. The van der Waals surface area contributed by atoms with Crippen LogP contribution in [0, 0.1) is 12.8 Å². The number of hydrogen-bond donors (Lipinski definition) is 1. The van der Waals surface area contributed by atoms with Gasteiger partial charge in [0, 0.05) is 5.92 Å². The molecule has 1 saturated carbocycles. The molecule has 22 heavy (non-hydrogen) atoms. The highest BCUT2D eigenvalue weighted by Gasteiger charge is 2.63. The van der Waals surface area contributed by atoms with Crippen LogP contribution in [0.1, 0.15) is 17.0 Å². The Morgan fingerprint density at radius 1 is 1.00 bits per heavy atom. The second-order valence-electron chi connectivity index (χ2n) is 5.62. The monoisotopic (exact) mass is 316 g/mol. The van der Waals surface area contributed by atoms with Crippen LogP contribution in [0.2, 0.25) is 0 Å². The fourth-order valence-electron chi connectivity index (χ4n) is 2.92. The summed E-state index contributed by atoms with van der Waals surface area (Å²) in [4.78, 5) is 11.6. The number of rotatable bonds is 4. The Bertz CT molecular complexity index is 794. The third kappa shape index (κ3) is 2.41. The SMILES string of the molecule is Cc1ccc([C@H]2[C@@H](C(=O)O)[C@@H]2S(=O)(=O)c2ccccc2)cc1. The standard InChI is InChI=1S/C17H16O4S/c1-11-7-9-12(10-8-11)14-15(17(18)19)16(14)22(20,21)13-5-3-2-4-6-13/h2-10,14-16H,1H3,(H,18,19)/t14-,15+,16+/m0/s1. The first kappa shape index (κ1) is 14.8. The molecule has 1 N–H and O–H groups in total. The van der Waals surface area contributed by atoms with Crippen LogP contribution < -0.4 is 0 Å². The molecular weight excluding hydrogens is 300 g/mol. The molecule has 1 aliphatic carbocycles. The number of carboxylic acids is 1. The number of aryl methyl sites for hydroxylation is 1. The van der Waals surface area contributed by atoms with E-state index in [0.29, 0.717) is 0 Å². The van der Waals surface area contributed by atoms with Gasteiger partial charge in [-0.15, -0.1) is 0 Å². The lowest BCUT2D eigenvalue weighted by Gasteiger charge is -2.04. The van der Waals surface area contributed by atoms with Crippen molar-refractivity contribution < 1.29 is 18.3 Å². The predicted octanol–water partition coefficient (Wildman–Crippen LogP) is 2.64. The van der Waals surface area contributed by atoms with Crippen molar-refractivity contribution in [3.63, 3.8) is 0 Å². The molecule has 5 heteroatoms. The number of benzene rings is 2. The van der Waals surface area contributed by atoms with Crippen LogP contribution in [-0.2, 0) is 14.6 Å². The minimum atomic E-state index is -3.65. The first-order valence-electron chi connectivity index (χ1n) is 7.01. The van der Waals surface area contributed by atoms with Gasteiger partial charge in [0.15, 0.2) is 9.84 Å². The van der Waals surface area contributed by atoms with E-state index in [1.807, 2.05) is 31.2 Å². The molecule has 2 aromatic rings. The van der Waals surface area contributed by atoms with Crippen LogP contribution in [-0.4, -0.2) is 24.7 Å². The lowest BCUT2D eigenvalue weighted by atomic mass is 10.1. The first-order valence-corrected chi connectivity index (χ1v) is 8.56. The molecule has 0 unspecified atom stereocenters. The van der Waals surface area contributed by atoms with Crippen molar-refractivity contribution in [3.05, 3.63) is 65.7 Å². The summed E-state index contributed by atoms with van der Waals surface area (Å²) in [6, 6.07) is 15.4. The Hall–Kier alpha value is -2.14. The van der Waals surface area contributed by atoms with Crippen molar-refractivity contribution in [2.75, 3.05) is 0 Å². The molecule has 0 aliphatic heterocycles. The van der Waals surface area contributed by atoms with E-state index in [9.17, 15) is 18.3 Å². The molecule has 0 radical (unpaired) electrons. The second-order valence-corrected chi connectivity index (χ2v) is 7.73. The maximum atomic E-state index is 12.7. The minimum absolute atomic E-state index is 0.181. The second kappa shape index (κ2) is 5.25. The number of carbonyl (C=O) groups is 1. The van der Waals surface area contributed by atoms with Crippen LogP contribution in [0.4, 0.5) is 0 Å². The molecule has 0 heterocycles. The largest absolute Gasteiger partial charge is 0.481 e. The Kier molecular flexibility index (Phi) is 3.53. The zero-order valence-corrected chi connectivity index (χ0v) is 12.8. The van der Waals surface area contributed by atoms with Crippen LogP contribution in [0.3, 0.4) is 0 Å². The highest BCUT2D eigenvalue weighted by Crippen LogP contribution is 2.54. The third-order valence-corrected chi connectivity index (χ3v) is 6.36. The number of aliphatic carboxylic acids is 1. The van der Waals surface area contributed by atoms with E-state index in [0.717, 1.165) is 11.1 Å². The Balaban J connectivity index is 1.99. The van der Waals surface area contributed by atoms with Crippen molar-refractivity contribution in [1.29, 1.82) is 0 Å². The fourth-order valence-corrected chi connectivity index (χ4v) is 5.06. The molecule has 3 atom stereocenters. The molecule has 0 spiro atoms. The third-order valence-electron chi connectivity index (χ3n) is 4.13. The highest BCUT2D eigenvalue weighted by molar-refractivity contribution is 7.92. The summed E-state index contributed by atoms with van der Waals surface area (Å²) in [5.74, 6) is -2.42. The molecule has 4 nitrogen and oxygen atoms in total. The van der Waals surface area contributed by atoms with Gasteiger partial charge in [0.1, 0.15) is 0 Å². The molecule has 0 aromatic heterocycles. The quantitative estimate of drug-likeness (QED) is 0.941. The number of hydrogen-bond acceptors (Lipinski definition) is 3. The van der Waals surface area contributed by atoms with E-state index < -0.39 is 32.9 Å². The Morgan fingerprint density at radius 3 is 2.14 bits per heavy atom. The van der Waals surface area contributed by atoms with Crippen molar-refractivity contribution in [1.82, 2.24) is 0 Å². The average molecular weight is 316 g/mol. The van der Waals surface area contributed by atoms with Crippen LogP contribution >= 0.6 is 0 Å². The highest BCUT2D eigenvalue weighted by atomic mass is 32.2. The van der Waals surface area contributed by atoms with Gasteiger partial charge in [-0.1, -0.05) is 48.0 Å². The molecule has 0 bridgehead atoms. The zero-order valence-electron chi connectivity index (χ0n) is 12.0. The molecule has 0 saturated heterocycles. The van der Waals surface area contributed by atoms with Crippen molar-refractivity contribution >= 4 is 15.8 Å².